The van der Waals surface area contributed by atoms with E-state index in [1.165, 1.54) is 43.2 Å². The Morgan fingerprint density at radius 3 is 2.63 bits per heavy atom. The third-order valence-corrected chi connectivity index (χ3v) is 6.67. The molecule has 0 saturated heterocycles. The van der Waals surface area contributed by atoms with Crippen LogP contribution in [0.2, 0.25) is 0 Å². The molecular weight excluding hydrogens is 372 g/mol. The first kappa shape index (κ1) is 19.2. The standard InChI is InChI=1S/C25H30N4O/c1-19-8-7-11-21(16-19)29-25(27-14-5-6-15-27)22-17-28(18-23(22)26-29)24(30)13-12-20-9-3-2-4-10-20/h5-8,11,14-16,20H,2-4,9-10,12-13,17-18H2,1H3. The summed E-state index contributed by atoms with van der Waals surface area (Å²) in [6.07, 6.45) is 12.5. The molecule has 0 unspecified atom stereocenters. The Balaban J connectivity index is 1.38. The highest BCUT2D eigenvalue weighted by Gasteiger charge is 2.31. The van der Waals surface area contributed by atoms with Crippen molar-refractivity contribution in [2.24, 2.45) is 5.92 Å². The lowest BCUT2D eigenvalue weighted by molar-refractivity contribution is -0.132. The molecule has 1 aliphatic heterocycles. The molecule has 2 aromatic heterocycles. The van der Waals surface area contributed by atoms with Crippen molar-refractivity contribution in [1.29, 1.82) is 0 Å². The summed E-state index contributed by atoms with van der Waals surface area (Å²) in [7, 11) is 0. The Kier molecular flexibility index (Phi) is 5.19. The Hall–Kier alpha value is -2.82. The number of nitrogens with zero attached hydrogens (tertiary/aromatic N) is 4. The quantitative estimate of drug-likeness (QED) is 0.591. The molecule has 0 atom stereocenters. The van der Waals surface area contributed by atoms with Crippen LogP contribution < -0.4 is 0 Å². The van der Waals surface area contributed by atoms with Crippen LogP contribution in [0.4, 0.5) is 0 Å². The minimum atomic E-state index is 0.277. The second-order valence-electron chi connectivity index (χ2n) is 8.88. The van der Waals surface area contributed by atoms with E-state index in [4.69, 9.17) is 5.10 Å². The van der Waals surface area contributed by atoms with Crippen molar-refractivity contribution in [3.8, 4) is 11.5 Å². The molecule has 5 nitrogen and oxygen atoms in total. The van der Waals surface area contributed by atoms with E-state index in [1.807, 2.05) is 21.7 Å². The average Bonchev–Trinajstić information content (AvgIpc) is 3.48. The van der Waals surface area contributed by atoms with Gasteiger partial charge in [0.2, 0.25) is 5.91 Å². The summed E-state index contributed by atoms with van der Waals surface area (Å²) in [6.45, 7) is 3.37. The molecule has 1 aliphatic carbocycles. The van der Waals surface area contributed by atoms with Gasteiger partial charge in [-0.3, -0.25) is 4.79 Å². The zero-order valence-electron chi connectivity index (χ0n) is 17.8. The van der Waals surface area contributed by atoms with Gasteiger partial charge in [-0.15, -0.1) is 0 Å². The highest BCUT2D eigenvalue weighted by Crippen LogP contribution is 2.32. The van der Waals surface area contributed by atoms with Gasteiger partial charge in [0, 0.05) is 24.4 Å². The zero-order valence-corrected chi connectivity index (χ0v) is 17.8. The number of hydrogen-bond acceptors (Lipinski definition) is 2. The molecule has 3 heterocycles. The molecular formula is C25H30N4O. The molecule has 0 bridgehead atoms. The summed E-state index contributed by atoms with van der Waals surface area (Å²) in [5.74, 6) is 2.07. The van der Waals surface area contributed by atoms with Crippen molar-refractivity contribution >= 4 is 5.91 Å². The van der Waals surface area contributed by atoms with Crippen molar-refractivity contribution in [2.45, 2.75) is 65.0 Å². The number of benzene rings is 1. The summed E-state index contributed by atoms with van der Waals surface area (Å²) in [5, 5.41) is 4.94. The smallest absolute Gasteiger partial charge is 0.223 e. The highest BCUT2D eigenvalue weighted by atomic mass is 16.2. The van der Waals surface area contributed by atoms with Crippen LogP contribution in [-0.2, 0) is 17.9 Å². The number of rotatable bonds is 5. The maximum Gasteiger partial charge on any atom is 0.223 e. The van der Waals surface area contributed by atoms with E-state index in [-0.39, 0.29) is 5.91 Å². The Bertz CT molecular complexity index is 1030. The monoisotopic (exact) mass is 402 g/mol. The van der Waals surface area contributed by atoms with E-state index in [1.54, 1.807) is 0 Å². The van der Waals surface area contributed by atoms with Crippen LogP contribution in [0.1, 0.15) is 61.8 Å². The van der Waals surface area contributed by atoms with Crippen molar-refractivity contribution in [1.82, 2.24) is 19.2 Å². The molecule has 1 saturated carbocycles. The molecule has 5 heteroatoms. The Morgan fingerprint density at radius 2 is 1.87 bits per heavy atom. The number of carbonyl (C=O) groups excluding carboxylic acids is 1. The van der Waals surface area contributed by atoms with E-state index >= 15 is 0 Å². The van der Waals surface area contributed by atoms with Gasteiger partial charge in [-0.1, -0.05) is 44.2 Å². The SMILES string of the molecule is Cc1cccc(-n2nc3c(c2-n2cccc2)CN(C(=O)CCC2CCCCC2)C3)c1. The summed E-state index contributed by atoms with van der Waals surface area (Å²) in [5.41, 5.74) is 4.45. The van der Waals surface area contributed by atoms with E-state index in [0.717, 1.165) is 29.5 Å². The lowest BCUT2D eigenvalue weighted by atomic mass is 9.86. The molecule has 1 amide bonds. The minimum absolute atomic E-state index is 0.277. The summed E-state index contributed by atoms with van der Waals surface area (Å²) >= 11 is 0. The van der Waals surface area contributed by atoms with E-state index < -0.39 is 0 Å². The third-order valence-electron chi connectivity index (χ3n) is 6.67. The largest absolute Gasteiger partial charge is 0.332 e. The van der Waals surface area contributed by atoms with E-state index in [0.29, 0.717) is 19.5 Å². The number of fused-ring (bicyclic) bond motifs is 1. The lowest BCUT2D eigenvalue weighted by Crippen LogP contribution is -2.27. The predicted octanol–water partition coefficient (Wildman–Crippen LogP) is 5.17. The maximum absolute atomic E-state index is 12.9. The van der Waals surface area contributed by atoms with Gasteiger partial charge in [0.1, 0.15) is 5.82 Å². The molecule has 30 heavy (non-hydrogen) atoms. The Labute approximate surface area is 178 Å². The third kappa shape index (κ3) is 3.69. The maximum atomic E-state index is 12.9. The van der Waals surface area contributed by atoms with Gasteiger partial charge < -0.3 is 9.47 Å². The zero-order chi connectivity index (χ0) is 20.5. The number of aryl methyl sites for hydroxylation is 1. The van der Waals surface area contributed by atoms with Gasteiger partial charge in [0.25, 0.3) is 0 Å². The number of hydrogen-bond donors (Lipinski definition) is 0. The Morgan fingerprint density at radius 1 is 1.07 bits per heavy atom. The molecule has 2 aliphatic rings. The minimum Gasteiger partial charge on any atom is -0.332 e. The first-order valence-corrected chi connectivity index (χ1v) is 11.3. The topological polar surface area (TPSA) is 43.1 Å². The number of carbonyl (C=O) groups is 1. The number of amides is 1. The van der Waals surface area contributed by atoms with Gasteiger partial charge in [-0.2, -0.15) is 5.10 Å². The van der Waals surface area contributed by atoms with E-state index in [2.05, 4.69) is 48.1 Å². The van der Waals surface area contributed by atoms with Crippen LogP contribution in [0.25, 0.3) is 11.5 Å². The van der Waals surface area contributed by atoms with E-state index in [9.17, 15) is 4.79 Å². The second kappa shape index (κ2) is 8.13. The second-order valence-corrected chi connectivity index (χ2v) is 8.88. The average molecular weight is 403 g/mol. The predicted molar refractivity (Wildman–Crippen MR) is 118 cm³/mol. The van der Waals surface area contributed by atoms with Crippen LogP contribution in [0.15, 0.2) is 48.8 Å². The van der Waals surface area contributed by atoms with Crippen molar-refractivity contribution in [2.75, 3.05) is 0 Å². The van der Waals surface area contributed by atoms with Crippen molar-refractivity contribution in [3.63, 3.8) is 0 Å². The van der Waals surface area contributed by atoms with Crippen LogP contribution >= 0.6 is 0 Å². The normalized spacial score (nSPS) is 16.8. The molecule has 0 spiro atoms. The summed E-state index contributed by atoms with van der Waals surface area (Å²) in [4.78, 5) is 14.9. The fourth-order valence-corrected chi connectivity index (χ4v) is 5.02. The highest BCUT2D eigenvalue weighted by molar-refractivity contribution is 5.77. The first-order valence-electron chi connectivity index (χ1n) is 11.3. The van der Waals surface area contributed by atoms with Crippen LogP contribution in [0.3, 0.4) is 0 Å². The summed E-state index contributed by atoms with van der Waals surface area (Å²) in [6, 6.07) is 12.5. The van der Waals surface area contributed by atoms with Gasteiger partial charge in [-0.25, -0.2) is 4.68 Å². The summed E-state index contributed by atoms with van der Waals surface area (Å²) < 4.78 is 4.14. The first-order chi connectivity index (χ1) is 14.7. The molecule has 1 fully saturated rings. The van der Waals surface area contributed by atoms with Crippen LogP contribution in [0, 0.1) is 12.8 Å². The molecule has 0 N–H and O–H groups in total. The van der Waals surface area contributed by atoms with Gasteiger partial charge in [0.15, 0.2) is 0 Å². The van der Waals surface area contributed by atoms with Crippen LogP contribution in [-0.4, -0.2) is 25.2 Å². The van der Waals surface area contributed by atoms with Crippen LogP contribution in [0.5, 0.6) is 0 Å². The van der Waals surface area contributed by atoms with Crippen molar-refractivity contribution < 1.29 is 4.79 Å². The number of aromatic nitrogens is 3. The van der Waals surface area contributed by atoms with Gasteiger partial charge in [-0.05, 0) is 49.1 Å². The van der Waals surface area contributed by atoms with Crippen molar-refractivity contribution in [3.05, 3.63) is 65.6 Å². The molecule has 5 rings (SSSR count). The molecule has 1 aromatic carbocycles. The molecule has 3 aromatic rings. The van der Waals surface area contributed by atoms with Gasteiger partial charge in [0.05, 0.1) is 24.5 Å². The fourth-order valence-electron chi connectivity index (χ4n) is 5.02. The molecule has 156 valence electrons. The lowest BCUT2D eigenvalue weighted by Gasteiger charge is -2.23. The van der Waals surface area contributed by atoms with Gasteiger partial charge >= 0.3 is 0 Å². The molecule has 0 radical (unpaired) electrons. The fraction of sp³-hybridized carbons (Fsp3) is 0.440.